The van der Waals surface area contributed by atoms with E-state index in [2.05, 4.69) is 20.3 Å². The Kier molecular flexibility index (Phi) is 2.99. The van der Waals surface area contributed by atoms with Crippen LogP contribution in [0.5, 0.6) is 0 Å². The normalized spacial score (nSPS) is 11.0. The van der Waals surface area contributed by atoms with Crippen molar-refractivity contribution in [3.8, 4) is 0 Å². The number of hydrogen-bond donors (Lipinski definition) is 2. The lowest BCUT2D eigenvalue weighted by molar-refractivity contribution is 0.0922. The Morgan fingerprint density at radius 3 is 3.00 bits per heavy atom. The second-order valence-corrected chi connectivity index (χ2v) is 4.75. The van der Waals surface area contributed by atoms with Crippen molar-refractivity contribution in [1.82, 2.24) is 29.4 Å². The van der Waals surface area contributed by atoms with E-state index in [9.17, 15) is 9.59 Å². The van der Waals surface area contributed by atoms with Gasteiger partial charge in [-0.25, -0.2) is 14.3 Å². The summed E-state index contributed by atoms with van der Waals surface area (Å²) in [5, 5.41) is 10.5. The molecule has 0 fully saturated rings. The Morgan fingerprint density at radius 1 is 1.45 bits per heavy atom. The van der Waals surface area contributed by atoms with E-state index in [0.29, 0.717) is 10.8 Å². The zero-order chi connectivity index (χ0) is 14.1. The Hall–Kier alpha value is -2.62. The largest absolute Gasteiger partial charge is 0.368 e. The molecule has 3 N–H and O–H groups in total. The molecule has 0 aromatic carbocycles. The van der Waals surface area contributed by atoms with E-state index < -0.39 is 11.6 Å². The number of aromatic amines is 1. The van der Waals surface area contributed by atoms with E-state index in [1.54, 1.807) is 24.4 Å². The molecule has 0 saturated carbocycles. The quantitative estimate of drug-likeness (QED) is 0.631. The van der Waals surface area contributed by atoms with Crippen molar-refractivity contribution < 1.29 is 4.79 Å². The first-order valence-corrected chi connectivity index (χ1v) is 6.54. The van der Waals surface area contributed by atoms with Crippen molar-refractivity contribution in [1.29, 1.82) is 0 Å². The molecule has 3 rings (SSSR count). The SMILES string of the molecule is Nc1nc(SCC(=O)n2nc3ccccn3c2=O)n[nH]1. The summed E-state index contributed by atoms with van der Waals surface area (Å²) in [7, 11) is 0. The molecule has 0 bridgehead atoms. The minimum atomic E-state index is -0.499. The Morgan fingerprint density at radius 2 is 2.30 bits per heavy atom. The van der Waals surface area contributed by atoms with Crippen LogP contribution in [0.1, 0.15) is 4.79 Å². The highest BCUT2D eigenvalue weighted by Gasteiger charge is 2.14. The summed E-state index contributed by atoms with van der Waals surface area (Å²) in [4.78, 5) is 27.8. The number of nitrogens with two attached hydrogens (primary N) is 1. The fourth-order valence-electron chi connectivity index (χ4n) is 1.60. The Balaban J connectivity index is 1.82. The van der Waals surface area contributed by atoms with Gasteiger partial charge in [-0.3, -0.25) is 4.79 Å². The number of hydrogen-bond acceptors (Lipinski definition) is 7. The summed E-state index contributed by atoms with van der Waals surface area (Å²) >= 11 is 1.07. The number of nitrogens with one attached hydrogen (secondary N) is 1. The molecule has 9 nitrogen and oxygen atoms in total. The van der Waals surface area contributed by atoms with Crippen LogP contribution in [0.15, 0.2) is 34.3 Å². The first-order valence-electron chi connectivity index (χ1n) is 5.55. The molecule has 102 valence electrons. The van der Waals surface area contributed by atoms with Gasteiger partial charge in [0, 0.05) is 6.20 Å². The summed E-state index contributed by atoms with van der Waals surface area (Å²) in [5.41, 5.74) is 5.29. The summed E-state index contributed by atoms with van der Waals surface area (Å²) in [6.45, 7) is 0. The van der Waals surface area contributed by atoms with Crippen LogP contribution in [0.25, 0.3) is 5.65 Å². The van der Waals surface area contributed by atoms with Gasteiger partial charge in [0.05, 0.1) is 5.75 Å². The number of thioether (sulfide) groups is 1. The molecule has 10 heteroatoms. The van der Waals surface area contributed by atoms with Crippen LogP contribution < -0.4 is 11.4 Å². The van der Waals surface area contributed by atoms with Gasteiger partial charge >= 0.3 is 5.69 Å². The number of rotatable bonds is 3. The lowest BCUT2D eigenvalue weighted by Gasteiger charge is -1.95. The van der Waals surface area contributed by atoms with Crippen LogP contribution in [-0.2, 0) is 0 Å². The van der Waals surface area contributed by atoms with Gasteiger partial charge in [-0.1, -0.05) is 17.8 Å². The third-order valence-corrected chi connectivity index (χ3v) is 3.30. The molecule has 0 aliphatic carbocycles. The Bertz CT molecular complexity index is 833. The lowest BCUT2D eigenvalue weighted by Crippen LogP contribution is -2.28. The highest BCUT2D eigenvalue weighted by Crippen LogP contribution is 2.12. The number of nitrogens with zero attached hydrogens (tertiary/aromatic N) is 5. The molecule has 0 aliphatic rings. The van der Waals surface area contributed by atoms with Crippen LogP contribution in [0.2, 0.25) is 0 Å². The van der Waals surface area contributed by atoms with E-state index in [0.717, 1.165) is 16.4 Å². The molecular formula is C10H9N7O2S. The van der Waals surface area contributed by atoms with Gasteiger partial charge in [0.25, 0.3) is 5.91 Å². The smallest absolute Gasteiger partial charge is 0.357 e. The maximum Gasteiger partial charge on any atom is 0.357 e. The van der Waals surface area contributed by atoms with Gasteiger partial charge in [-0.05, 0) is 12.1 Å². The van der Waals surface area contributed by atoms with E-state index in [-0.39, 0.29) is 11.7 Å². The standard InChI is InChI=1S/C10H9N7O2S/c11-8-12-9(14-13-8)20-5-7(18)17-10(19)16-4-2-1-3-6(16)15-17/h1-4H,5H2,(H3,11,12,13,14). The average Bonchev–Trinajstić information content (AvgIpc) is 3.01. The summed E-state index contributed by atoms with van der Waals surface area (Å²) in [6.07, 6.45) is 1.55. The van der Waals surface area contributed by atoms with Crippen molar-refractivity contribution in [3.05, 3.63) is 34.9 Å². The molecule has 0 amide bonds. The van der Waals surface area contributed by atoms with Crippen LogP contribution in [-0.4, -0.2) is 41.0 Å². The average molecular weight is 291 g/mol. The molecule has 3 aromatic heterocycles. The van der Waals surface area contributed by atoms with Crippen molar-refractivity contribution in [2.75, 3.05) is 11.5 Å². The number of pyridine rings is 1. The van der Waals surface area contributed by atoms with E-state index in [4.69, 9.17) is 5.73 Å². The fourth-order valence-corrected chi connectivity index (χ4v) is 2.25. The fraction of sp³-hybridized carbons (Fsp3) is 0.100. The van der Waals surface area contributed by atoms with Crippen LogP contribution >= 0.6 is 11.8 Å². The Labute approximate surface area is 115 Å². The van der Waals surface area contributed by atoms with E-state index in [1.165, 1.54) is 4.40 Å². The number of H-pyrrole nitrogens is 1. The van der Waals surface area contributed by atoms with Crippen LogP contribution in [0.3, 0.4) is 0 Å². The molecule has 0 radical (unpaired) electrons. The maximum atomic E-state index is 12.0. The number of carbonyl (C=O) groups excluding carboxylic acids is 1. The molecule has 0 unspecified atom stereocenters. The minimum absolute atomic E-state index is 0.0128. The molecule has 0 aliphatic heterocycles. The first-order chi connectivity index (χ1) is 9.65. The molecule has 0 saturated heterocycles. The summed E-state index contributed by atoms with van der Waals surface area (Å²) in [6, 6.07) is 5.08. The third kappa shape index (κ3) is 2.16. The number of carbonyl (C=O) groups is 1. The lowest BCUT2D eigenvalue weighted by atomic mass is 10.5. The number of nitrogen functional groups attached to an aromatic ring is 1. The highest BCUT2D eigenvalue weighted by molar-refractivity contribution is 7.99. The second-order valence-electron chi connectivity index (χ2n) is 3.81. The molecule has 0 spiro atoms. The molecule has 0 atom stereocenters. The van der Waals surface area contributed by atoms with Gasteiger partial charge in [0.15, 0.2) is 5.65 Å². The monoisotopic (exact) mass is 291 g/mol. The summed E-state index contributed by atoms with van der Waals surface area (Å²) < 4.78 is 2.13. The topological polar surface area (TPSA) is 124 Å². The third-order valence-electron chi connectivity index (χ3n) is 2.47. The first kappa shape index (κ1) is 12.4. The van der Waals surface area contributed by atoms with E-state index >= 15 is 0 Å². The van der Waals surface area contributed by atoms with Crippen molar-refractivity contribution in [3.63, 3.8) is 0 Å². The van der Waals surface area contributed by atoms with Gasteiger partial charge in [0.1, 0.15) is 0 Å². The van der Waals surface area contributed by atoms with Gasteiger partial charge in [0.2, 0.25) is 11.1 Å². The van der Waals surface area contributed by atoms with Gasteiger partial charge in [-0.2, -0.15) is 4.98 Å². The molecule has 3 heterocycles. The predicted molar refractivity (Wildman–Crippen MR) is 71.6 cm³/mol. The van der Waals surface area contributed by atoms with Gasteiger partial charge < -0.3 is 5.73 Å². The molecule has 3 aromatic rings. The highest BCUT2D eigenvalue weighted by atomic mass is 32.2. The zero-order valence-electron chi connectivity index (χ0n) is 10.1. The molecule has 20 heavy (non-hydrogen) atoms. The maximum absolute atomic E-state index is 12.0. The van der Waals surface area contributed by atoms with E-state index in [1.807, 2.05) is 0 Å². The van der Waals surface area contributed by atoms with Crippen molar-refractivity contribution in [2.45, 2.75) is 5.16 Å². The number of anilines is 1. The van der Waals surface area contributed by atoms with Crippen molar-refractivity contribution >= 4 is 29.3 Å². The number of aromatic nitrogens is 6. The summed E-state index contributed by atoms with van der Waals surface area (Å²) in [5.74, 6) is -0.293. The number of fused-ring (bicyclic) bond motifs is 1. The second kappa shape index (κ2) is 4.81. The van der Waals surface area contributed by atoms with Crippen LogP contribution in [0.4, 0.5) is 5.95 Å². The minimum Gasteiger partial charge on any atom is -0.368 e. The molecular weight excluding hydrogens is 282 g/mol. The zero-order valence-corrected chi connectivity index (χ0v) is 10.9. The van der Waals surface area contributed by atoms with Crippen LogP contribution in [0, 0.1) is 0 Å². The van der Waals surface area contributed by atoms with Crippen molar-refractivity contribution in [2.24, 2.45) is 0 Å². The van der Waals surface area contributed by atoms with Gasteiger partial charge in [-0.15, -0.1) is 14.9 Å². The predicted octanol–water partition coefficient (Wildman–Crippen LogP) is -0.371.